The number of rotatable bonds is 3. The van der Waals surface area contributed by atoms with E-state index in [0.29, 0.717) is 0 Å². The van der Waals surface area contributed by atoms with E-state index in [9.17, 15) is 0 Å². The van der Waals surface area contributed by atoms with E-state index in [1.807, 2.05) is 12.2 Å². The fourth-order valence-electron chi connectivity index (χ4n) is 1.47. The highest BCUT2D eigenvalue weighted by Crippen LogP contribution is 2.13. The Morgan fingerprint density at radius 1 is 1.17 bits per heavy atom. The van der Waals surface area contributed by atoms with Crippen molar-refractivity contribution in [2.75, 3.05) is 13.1 Å². The second-order valence-electron chi connectivity index (χ2n) is 3.13. The molecule has 1 aliphatic rings. The second-order valence-corrected chi connectivity index (χ2v) is 3.13. The van der Waals surface area contributed by atoms with Crippen LogP contribution in [0.25, 0.3) is 0 Å². The van der Waals surface area contributed by atoms with Crippen molar-refractivity contribution in [1.82, 2.24) is 4.90 Å². The third-order valence-corrected chi connectivity index (χ3v) is 2.19. The first-order valence-corrected chi connectivity index (χ1v) is 4.57. The molecule has 1 heterocycles. The van der Waals surface area contributed by atoms with Crippen LogP contribution in [-0.2, 0) is 0 Å². The minimum absolute atomic E-state index is 1.12. The molecule has 0 aromatic heterocycles. The largest absolute Gasteiger partial charge is 0.372 e. The third-order valence-electron chi connectivity index (χ3n) is 2.19. The normalized spacial score (nSPS) is 18.2. The van der Waals surface area contributed by atoms with Gasteiger partial charge in [-0.05, 0) is 25.3 Å². The van der Waals surface area contributed by atoms with Crippen molar-refractivity contribution in [2.24, 2.45) is 0 Å². The van der Waals surface area contributed by atoms with Gasteiger partial charge in [-0.1, -0.05) is 25.3 Å². The zero-order chi connectivity index (χ0) is 8.81. The van der Waals surface area contributed by atoms with E-state index in [4.69, 9.17) is 0 Å². The summed E-state index contributed by atoms with van der Waals surface area (Å²) in [5, 5.41) is 0. The summed E-state index contributed by atoms with van der Waals surface area (Å²) in [5.74, 6) is 0. The average Bonchev–Trinajstić information content (AvgIpc) is 2.15. The summed E-state index contributed by atoms with van der Waals surface area (Å²) < 4.78 is 0. The highest BCUT2D eigenvalue weighted by molar-refractivity contribution is 5.17. The molecule has 1 fully saturated rings. The second kappa shape index (κ2) is 4.81. The zero-order valence-electron chi connectivity index (χ0n) is 7.63. The number of allylic oxidation sites excluding steroid dienone is 3. The minimum Gasteiger partial charge on any atom is -0.372 e. The minimum atomic E-state index is 1.12. The Balaban J connectivity index is 2.39. The van der Waals surface area contributed by atoms with Crippen molar-refractivity contribution in [3.05, 3.63) is 37.1 Å². The Kier molecular flexibility index (Phi) is 3.65. The summed E-state index contributed by atoms with van der Waals surface area (Å²) in [5.41, 5.74) is 1.12. The van der Waals surface area contributed by atoms with Crippen molar-refractivity contribution in [1.29, 1.82) is 0 Å². The van der Waals surface area contributed by atoms with Gasteiger partial charge < -0.3 is 4.90 Å². The van der Waals surface area contributed by atoms with Crippen LogP contribution in [-0.4, -0.2) is 18.0 Å². The van der Waals surface area contributed by atoms with Gasteiger partial charge in [-0.15, -0.1) is 0 Å². The van der Waals surface area contributed by atoms with Gasteiger partial charge in [-0.3, -0.25) is 0 Å². The first kappa shape index (κ1) is 9.11. The number of hydrogen-bond donors (Lipinski definition) is 0. The molecule has 1 saturated heterocycles. The van der Waals surface area contributed by atoms with E-state index >= 15 is 0 Å². The highest BCUT2D eigenvalue weighted by atomic mass is 15.1. The Hall–Kier alpha value is -0.980. The maximum atomic E-state index is 4.01. The zero-order valence-corrected chi connectivity index (χ0v) is 7.63. The summed E-state index contributed by atoms with van der Waals surface area (Å²) >= 11 is 0. The van der Waals surface area contributed by atoms with E-state index in [2.05, 4.69) is 18.1 Å². The van der Waals surface area contributed by atoms with Crippen LogP contribution < -0.4 is 0 Å². The molecular weight excluding hydrogens is 146 g/mol. The Bertz CT molecular complexity index is 185. The number of likely N-dealkylation sites (tertiary alicyclic amines) is 1. The van der Waals surface area contributed by atoms with Crippen LogP contribution in [0.5, 0.6) is 0 Å². The van der Waals surface area contributed by atoms with Crippen molar-refractivity contribution >= 4 is 0 Å². The number of hydrogen-bond acceptors (Lipinski definition) is 1. The van der Waals surface area contributed by atoms with Crippen molar-refractivity contribution in [2.45, 2.75) is 19.3 Å². The van der Waals surface area contributed by atoms with Gasteiger partial charge >= 0.3 is 0 Å². The molecule has 0 N–H and O–H groups in total. The van der Waals surface area contributed by atoms with Crippen LogP contribution in [0.3, 0.4) is 0 Å². The molecule has 1 nitrogen and oxygen atoms in total. The Morgan fingerprint density at radius 3 is 2.42 bits per heavy atom. The molecule has 66 valence electrons. The Morgan fingerprint density at radius 2 is 1.83 bits per heavy atom. The lowest BCUT2D eigenvalue weighted by atomic mass is 10.1. The molecule has 0 aromatic carbocycles. The van der Waals surface area contributed by atoms with E-state index in [1.54, 1.807) is 6.08 Å². The van der Waals surface area contributed by atoms with Gasteiger partial charge in [-0.25, -0.2) is 0 Å². The highest BCUT2D eigenvalue weighted by Gasteiger charge is 2.08. The molecule has 0 saturated carbocycles. The van der Waals surface area contributed by atoms with Gasteiger partial charge in [0.05, 0.1) is 0 Å². The van der Waals surface area contributed by atoms with Gasteiger partial charge in [0.15, 0.2) is 0 Å². The summed E-state index contributed by atoms with van der Waals surface area (Å²) in [7, 11) is 0. The molecule has 12 heavy (non-hydrogen) atoms. The summed E-state index contributed by atoms with van der Waals surface area (Å²) in [6.45, 7) is 9.97. The lowest BCUT2D eigenvalue weighted by Crippen LogP contribution is -2.27. The Labute approximate surface area is 75.1 Å². The van der Waals surface area contributed by atoms with Crippen LogP contribution >= 0.6 is 0 Å². The van der Waals surface area contributed by atoms with E-state index < -0.39 is 0 Å². The average molecular weight is 163 g/mol. The van der Waals surface area contributed by atoms with E-state index in [0.717, 1.165) is 5.70 Å². The molecule has 0 amide bonds. The smallest absolute Gasteiger partial charge is 0.0293 e. The number of nitrogens with zero attached hydrogens (tertiary/aromatic N) is 1. The predicted octanol–water partition coefficient (Wildman–Crippen LogP) is 2.73. The standard InChI is InChI=1S/C11H17N/c1-3-4-8-11(2)12-9-6-5-7-10-12/h3-4,8H,1-2,5-7,9-10H2/b8-4-. The van der Waals surface area contributed by atoms with Gasteiger partial charge in [0.2, 0.25) is 0 Å². The first-order valence-electron chi connectivity index (χ1n) is 4.57. The lowest BCUT2D eigenvalue weighted by molar-refractivity contribution is 0.294. The molecule has 0 aliphatic carbocycles. The lowest BCUT2D eigenvalue weighted by Gasteiger charge is -2.28. The summed E-state index contributed by atoms with van der Waals surface area (Å²) in [4.78, 5) is 2.34. The summed E-state index contributed by atoms with van der Waals surface area (Å²) in [6, 6.07) is 0. The molecule has 0 atom stereocenters. The van der Waals surface area contributed by atoms with Crippen molar-refractivity contribution < 1.29 is 0 Å². The molecule has 1 rings (SSSR count). The maximum Gasteiger partial charge on any atom is 0.0293 e. The van der Waals surface area contributed by atoms with E-state index in [-0.39, 0.29) is 0 Å². The molecule has 0 bridgehead atoms. The monoisotopic (exact) mass is 163 g/mol. The fraction of sp³-hybridized carbons (Fsp3) is 0.455. The number of piperidine rings is 1. The molecule has 1 heteroatoms. The van der Waals surface area contributed by atoms with Gasteiger partial charge in [-0.2, -0.15) is 0 Å². The van der Waals surface area contributed by atoms with E-state index in [1.165, 1.54) is 32.4 Å². The van der Waals surface area contributed by atoms with Crippen molar-refractivity contribution in [3.8, 4) is 0 Å². The molecule has 0 aromatic rings. The molecule has 0 spiro atoms. The molecule has 0 unspecified atom stereocenters. The topological polar surface area (TPSA) is 3.24 Å². The maximum absolute atomic E-state index is 4.01. The van der Waals surface area contributed by atoms with Crippen LogP contribution in [0, 0.1) is 0 Å². The van der Waals surface area contributed by atoms with Gasteiger partial charge in [0.1, 0.15) is 0 Å². The van der Waals surface area contributed by atoms with Crippen LogP contribution in [0.4, 0.5) is 0 Å². The molecule has 1 aliphatic heterocycles. The van der Waals surface area contributed by atoms with Crippen LogP contribution in [0.2, 0.25) is 0 Å². The van der Waals surface area contributed by atoms with Gasteiger partial charge in [0, 0.05) is 18.8 Å². The van der Waals surface area contributed by atoms with Crippen LogP contribution in [0.15, 0.2) is 37.1 Å². The van der Waals surface area contributed by atoms with Gasteiger partial charge in [0.25, 0.3) is 0 Å². The third kappa shape index (κ3) is 2.57. The molecule has 0 radical (unpaired) electrons. The fourth-order valence-corrected chi connectivity index (χ4v) is 1.47. The molecular formula is C11H17N. The first-order chi connectivity index (χ1) is 5.84. The van der Waals surface area contributed by atoms with Crippen LogP contribution in [0.1, 0.15) is 19.3 Å². The SMILES string of the molecule is C=C/C=C\C(=C)N1CCCCC1. The predicted molar refractivity (Wildman–Crippen MR) is 53.9 cm³/mol. The summed E-state index contributed by atoms with van der Waals surface area (Å²) in [6.07, 6.45) is 9.74. The van der Waals surface area contributed by atoms with Crippen molar-refractivity contribution in [3.63, 3.8) is 0 Å². The quantitative estimate of drug-likeness (QED) is 0.578.